The van der Waals surface area contributed by atoms with E-state index in [1.165, 1.54) is 56.2 Å². The lowest BCUT2D eigenvalue weighted by Gasteiger charge is -2.47. The van der Waals surface area contributed by atoms with E-state index in [1.807, 2.05) is 6.08 Å². The Bertz CT molecular complexity index is 677. The minimum atomic E-state index is 0.281. The molecule has 5 aliphatic carbocycles. The van der Waals surface area contributed by atoms with Gasteiger partial charge in [-0.3, -0.25) is 4.79 Å². The normalized spacial score (nSPS) is 39.8. The largest absolute Gasteiger partial charge is 0.383 e. The highest BCUT2D eigenvalue weighted by Crippen LogP contribution is 2.53. The highest BCUT2D eigenvalue weighted by Gasteiger charge is 2.48. The van der Waals surface area contributed by atoms with Crippen molar-refractivity contribution in [2.75, 3.05) is 0 Å². The predicted octanol–water partition coefficient (Wildman–Crippen LogP) is 4.97. The van der Waals surface area contributed by atoms with Crippen molar-refractivity contribution in [2.45, 2.75) is 69.2 Å². The number of allylic oxidation sites excluding steroid dienone is 2. The molecule has 6 rings (SSSR count). The van der Waals surface area contributed by atoms with Crippen LogP contribution in [0.25, 0.3) is 0 Å². The number of hydrogen-bond acceptors (Lipinski definition) is 2. The molecule has 2 nitrogen and oxygen atoms in total. The Morgan fingerprint density at radius 3 is 2.40 bits per heavy atom. The van der Waals surface area contributed by atoms with E-state index in [1.54, 1.807) is 0 Å². The minimum Gasteiger partial charge on any atom is -0.383 e. The zero-order chi connectivity index (χ0) is 16.9. The van der Waals surface area contributed by atoms with Crippen LogP contribution in [0.1, 0.15) is 69.3 Å². The van der Waals surface area contributed by atoms with Gasteiger partial charge in [-0.15, -0.1) is 0 Å². The van der Waals surface area contributed by atoms with Crippen LogP contribution < -0.4 is 5.32 Å². The molecule has 2 heteroatoms. The number of rotatable bonds is 3. The lowest BCUT2D eigenvalue weighted by Crippen LogP contribution is -2.50. The van der Waals surface area contributed by atoms with Crippen LogP contribution in [-0.2, 0) is 4.79 Å². The standard InChI is InChI=1S/C23H29NO/c25-22-12-20(19-4-2-1-3-5-19)11-21(13-22)24-23-7-6-16-8-17(14-23)10-18(9-16)15-23/h1-5,13,16-18,20,24H,6-12,14-15H2/t16-,17+,18?,20?,23?/m1/s1. The van der Waals surface area contributed by atoms with Crippen molar-refractivity contribution in [1.82, 2.24) is 5.32 Å². The predicted molar refractivity (Wildman–Crippen MR) is 100 cm³/mol. The molecule has 1 aromatic rings. The minimum absolute atomic E-state index is 0.281. The van der Waals surface area contributed by atoms with E-state index in [4.69, 9.17) is 0 Å². The van der Waals surface area contributed by atoms with E-state index < -0.39 is 0 Å². The smallest absolute Gasteiger partial charge is 0.158 e. The van der Waals surface area contributed by atoms with Gasteiger partial charge in [-0.2, -0.15) is 0 Å². The van der Waals surface area contributed by atoms with E-state index >= 15 is 0 Å². The Kier molecular flexibility index (Phi) is 3.76. The first kappa shape index (κ1) is 15.7. The molecule has 25 heavy (non-hydrogen) atoms. The van der Waals surface area contributed by atoms with Crippen molar-refractivity contribution < 1.29 is 4.79 Å². The molecule has 0 amide bonds. The van der Waals surface area contributed by atoms with Gasteiger partial charge in [0.2, 0.25) is 0 Å². The number of ketones is 1. The lowest BCUT2D eigenvalue weighted by molar-refractivity contribution is -0.115. The molecule has 1 aromatic carbocycles. The maximum absolute atomic E-state index is 12.4. The highest BCUT2D eigenvalue weighted by molar-refractivity contribution is 5.92. The van der Waals surface area contributed by atoms with E-state index in [9.17, 15) is 4.79 Å². The molecule has 5 atom stereocenters. The van der Waals surface area contributed by atoms with E-state index in [-0.39, 0.29) is 5.54 Å². The van der Waals surface area contributed by atoms with Gasteiger partial charge >= 0.3 is 0 Å². The van der Waals surface area contributed by atoms with E-state index in [2.05, 4.69) is 35.6 Å². The Morgan fingerprint density at radius 2 is 1.64 bits per heavy atom. The van der Waals surface area contributed by atoms with Crippen LogP contribution in [0.4, 0.5) is 0 Å². The van der Waals surface area contributed by atoms with Crippen molar-refractivity contribution in [3.63, 3.8) is 0 Å². The van der Waals surface area contributed by atoms with Crippen molar-refractivity contribution in [2.24, 2.45) is 17.8 Å². The third-order valence-corrected chi connectivity index (χ3v) is 7.34. The number of carbonyl (C=O) groups is 1. The Morgan fingerprint density at radius 1 is 0.920 bits per heavy atom. The SMILES string of the molecule is O=C1C=C(NC23CC[C@H]4CC(C[C@H](C4)C2)C3)CC(c2ccccc2)C1. The second-order valence-corrected chi connectivity index (χ2v) is 9.31. The number of benzene rings is 1. The summed E-state index contributed by atoms with van der Waals surface area (Å²) >= 11 is 0. The average Bonchev–Trinajstić information content (AvgIpc) is 2.79. The van der Waals surface area contributed by atoms with Crippen LogP contribution in [0.2, 0.25) is 0 Å². The molecule has 0 saturated heterocycles. The maximum atomic E-state index is 12.4. The monoisotopic (exact) mass is 335 g/mol. The van der Waals surface area contributed by atoms with Gasteiger partial charge in [-0.05, 0) is 80.6 Å². The van der Waals surface area contributed by atoms with Crippen molar-refractivity contribution in [3.8, 4) is 0 Å². The van der Waals surface area contributed by atoms with Gasteiger partial charge in [0.25, 0.3) is 0 Å². The molecule has 0 aromatic heterocycles. The molecule has 4 saturated carbocycles. The first-order valence-corrected chi connectivity index (χ1v) is 10.2. The first-order chi connectivity index (χ1) is 12.2. The molecule has 5 aliphatic rings. The summed E-state index contributed by atoms with van der Waals surface area (Å²) in [5, 5.41) is 3.97. The van der Waals surface area contributed by atoms with Gasteiger partial charge in [0.05, 0.1) is 0 Å². The van der Waals surface area contributed by atoms with Gasteiger partial charge < -0.3 is 5.32 Å². The quantitative estimate of drug-likeness (QED) is 0.845. The second kappa shape index (κ2) is 6.00. The molecule has 0 radical (unpaired) electrons. The number of nitrogens with one attached hydrogen (secondary N) is 1. The van der Waals surface area contributed by atoms with Gasteiger partial charge in [-0.25, -0.2) is 0 Å². The highest BCUT2D eigenvalue weighted by atomic mass is 16.1. The first-order valence-electron chi connectivity index (χ1n) is 10.2. The summed E-state index contributed by atoms with van der Waals surface area (Å²) in [6.07, 6.45) is 13.3. The van der Waals surface area contributed by atoms with Crippen LogP contribution in [-0.4, -0.2) is 11.3 Å². The Hall–Kier alpha value is -1.57. The fourth-order valence-corrected chi connectivity index (χ4v) is 6.59. The molecular formula is C23H29NO. The summed E-state index contributed by atoms with van der Waals surface area (Å²) < 4.78 is 0. The molecule has 4 bridgehead atoms. The Balaban J connectivity index is 1.37. The van der Waals surface area contributed by atoms with Crippen LogP contribution in [0.3, 0.4) is 0 Å². The zero-order valence-electron chi connectivity index (χ0n) is 15.0. The summed E-state index contributed by atoms with van der Waals surface area (Å²) in [6, 6.07) is 10.6. The van der Waals surface area contributed by atoms with Crippen LogP contribution in [0, 0.1) is 17.8 Å². The van der Waals surface area contributed by atoms with Gasteiger partial charge in [-0.1, -0.05) is 30.3 Å². The third kappa shape index (κ3) is 3.05. The topological polar surface area (TPSA) is 29.1 Å². The summed E-state index contributed by atoms with van der Waals surface area (Å²) in [5.74, 6) is 3.48. The molecular weight excluding hydrogens is 306 g/mol. The van der Waals surface area contributed by atoms with Crippen molar-refractivity contribution in [1.29, 1.82) is 0 Å². The lowest BCUT2D eigenvalue weighted by atomic mass is 9.65. The van der Waals surface area contributed by atoms with Crippen molar-refractivity contribution >= 4 is 5.78 Å². The van der Waals surface area contributed by atoms with Gasteiger partial charge in [0.1, 0.15) is 0 Å². The Labute approximate surface area is 151 Å². The molecule has 1 N–H and O–H groups in total. The molecule has 132 valence electrons. The molecule has 4 fully saturated rings. The number of fused-ring (bicyclic) bond motifs is 1. The molecule has 3 unspecified atom stereocenters. The average molecular weight is 335 g/mol. The molecule has 0 aliphatic heterocycles. The zero-order valence-corrected chi connectivity index (χ0v) is 15.0. The summed E-state index contributed by atoms with van der Waals surface area (Å²) in [5.41, 5.74) is 2.80. The summed E-state index contributed by atoms with van der Waals surface area (Å²) in [7, 11) is 0. The number of hydrogen-bond donors (Lipinski definition) is 1. The maximum Gasteiger partial charge on any atom is 0.158 e. The summed E-state index contributed by atoms with van der Waals surface area (Å²) in [4.78, 5) is 12.4. The van der Waals surface area contributed by atoms with Crippen LogP contribution in [0.5, 0.6) is 0 Å². The molecule has 0 spiro atoms. The molecule has 0 heterocycles. The van der Waals surface area contributed by atoms with E-state index in [0.29, 0.717) is 18.1 Å². The fourth-order valence-electron chi connectivity index (χ4n) is 6.59. The van der Waals surface area contributed by atoms with Gasteiger partial charge in [0.15, 0.2) is 5.78 Å². The van der Waals surface area contributed by atoms with Gasteiger partial charge in [0, 0.05) is 23.7 Å². The van der Waals surface area contributed by atoms with E-state index in [0.717, 1.165) is 24.2 Å². The third-order valence-electron chi connectivity index (χ3n) is 7.34. The van der Waals surface area contributed by atoms with Crippen LogP contribution >= 0.6 is 0 Å². The fraction of sp³-hybridized carbons (Fsp3) is 0.609. The van der Waals surface area contributed by atoms with Crippen molar-refractivity contribution in [3.05, 3.63) is 47.7 Å². The second-order valence-electron chi connectivity index (χ2n) is 9.31. The number of carbonyl (C=O) groups excluding carboxylic acids is 1. The summed E-state index contributed by atoms with van der Waals surface area (Å²) in [6.45, 7) is 0. The van der Waals surface area contributed by atoms with Crippen LogP contribution in [0.15, 0.2) is 42.1 Å².